The zero-order valence-corrected chi connectivity index (χ0v) is 9.07. The fourth-order valence-corrected chi connectivity index (χ4v) is 1.46. The molecule has 0 aliphatic heterocycles. The highest BCUT2D eigenvalue weighted by atomic mass is 32.5. The van der Waals surface area contributed by atoms with Crippen molar-refractivity contribution in [2.75, 3.05) is 13.2 Å². The van der Waals surface area contributed by atoms with E-state index in [0.717, 1.165) is 12.8 Å². The quantitative estimate of drug-likeness (QED) is 0.304. The Balaban J connectivity index is 3.49. The average molecular weight is 214 g/mol. The van der Waals surface area contributed by atoms with Crippen molar-refractivity contribution in [2.45, 2.75) is 26.7 Å². The van der Waals surface area contributed by atoms with Crippen LogP contribution < -0.4 is 0 Å². The summed E-state index contributed by atoms with van der Waals surface area (Å²) in [7, 11) is 0. The van der Waals surface area contributed by atoms with Crippen LogP contribution in [0.15, 0.2) is 0 Å². The molecule has 0 saturated carbocycles. The van der Waals surface area contributed by atoms with E-state index >= 15 is 0 Å². The van der Waals surface area contributed by atoms with Gasteiger partial charge in [0.15, 0.2) is 0 Å². The van der Waals surface area contributed by atoms with Gasteiger partial charge in [0.05, 0.1) is 13.2 Å². The van der Waals surface area contributed by atoms with E-state index in [1.807, 2.05) is 6.92 Å². The van der Waals surface area contributed by atoms with Gasteiger partial charge in [-0.05, 0) is 25.2 Å². The first-order valence-corrected chi connectivity index (χ1v) is 6.50. The third-order valence-electron chi connectivity index (χ3n) is 1.02. The van der Waals surface area contributed by atoms with Gasteiger partial charge in [0, 0.05) is 0 Å². The van der Waals surface area contributed by atoms with Gasteiger partial charge in [0.1, 0.15) is 0 Å². The number of hydrogen-bond acceptors (Lipinski definition) is 4. The third-order valence-corrected chi connectivity index (χ3v) is 2.32. The molecule has 0 spiro atoms. The van der Waals surface area contributed by atoms with Gasteiger partial charge in [-0.3, -0.25) is 0 Å². The van der Waals surface area contributed by atoms with Crippen molar-refractivity contribution in [1.29, 1.82) is 0 Å². The lowest BCUT2D eigenvalue weighted by atomic mass is 10.4. The first-order chi connectivity index (χ1) is 5.62. The molecule has 0 aromatic carbocycles. The predicted molar refractivity (Wildman–Crippen MR) is 50.1 cm³/mol. The summed E-state index contributed by atoms with van der Waals surface area (Å²) in [5, 5.41) is 0. The summed E-state index contributed by atoms with van der Waals surface area (Å²) in [5.74, 6) is 0. The summed E-state index contributed by atoms with van der Waals surface area (Å²) < 4.78 is 9.39. The highest BCUT2D eigenvalue weighted by Crippen LogP contribution is 2.43. The molecule has 4 nitrogen and oxygen atoms in total. The first kappa shape index (κ1) is 12.5. The normalized spacial score (nSPS) is 15.9. The van der Waals surface area contributed by atoms with E-state index in [0.29, 0.717) is 13.2 Å². The molecule has 0 amide bonds. The molecule has 0 fully saturated rings. The molecular weight excluding hydrogens is 199 g/mol. The molecule has 0 aromatic rings. The number of rotatable bonds is 7. The summed E-state index contributed by atoms with van der Waals surface area (Å²) in [5.41, 5.74) is 0. The first-order valence-electron chi connectivity index (χ1n) is 3.91. The molecule has 0 aromatic heterocycles. The molecule has 0 aliphatic rings. The molecule has 0 bridgehead atoms. The molecule has 1 unspecified atom stereocenters. The Morgan fingerprint density at radius 2 is 2.08 bits per heavy atom. The second kappa shape index (κ2) is 6.95. The van der Waals surface area contributed by atoms with Crippen LogP contribution in [0.3, 0.4) is 0 Å². The van der Waals surface area contributed by atoms with Crippen molar-refractivity contribution in [1.82, 2.24) is 0 Å². The van der Waals surface area contributed by atoms with Gasteiger partial charge < -0.3 is 9.42 Å². The third kappa shape index (κ3) is 7.16. The Bertz CT molecular complexity index is 152. The zero-order chi connectivity index (χ0) is 9.45. The van der Waals surface area contributed by atoms with Gasteiger partial charge in [0.25, 0.3) is 0 Å². The van der Waals surface area contributed by atoms with Gasteiger partial charge in [-0.1, -0.05) is 13.3 Å². The molecule has 0 radical (unpaired) electrons. The lowest BCUT2D eigenvalue weighted by Crippen LogP contribution is -1.97. The fraction of sp³-hybridized carbons (Fsp3) is 1.00. The maximum atomic E-state index is 9.23. The second-order valence-corrected chi connectivity index (χ2v) is 4.87. The van der Waals surface area contributed by atoms with Crippen molar-refractivity contribution >= 4 is 18.5 Å². The van der Waals surface area contributed by atoms with Crippen molar-refractivity contribution in [3.05, 3.63) is 0 Å². The van der Waals surface area contributed by atoms with Crippen molar-refractivity contribution in [2.24, 2.45) is 0 Å². The standard InChI is InChI=1S/C6H15O4PS/c1-3-5-6-9-11(7,12)10-8-4-2/h3-6H2,1-2H3,(H,7,12). The fourth-order valence-electron chi connectivity index (χ4n) is 0.465. The average Bonchev–Trinajstić information content (AvgIpc) is 2.01. The van der Waals surface area contributed by atoms with Crippen molar-refractivity contribution in [3.63, 3.8) is 0 Å². The van der Waals surface area contributed by atoms with Crippen molar-refractivity contribution in [3.8, 4) is 0 Å². The maximum absolute atomic E-state index is 9.23. The second-order valence-electron chi connectivity index (χ2n) is 2.14. The van der Waals surface area contributed by atoms with Crippen LogP contribution in [0.2, 0.25) is 0 Å². The highest BCUT2D eigenvalue weighted by molar-refractivity contribution is 8.07. The van der Waals surface area contributed by atoms with Crippen LogP contribution in [-0.2, 0) is 25.9 Å². The summed E-state index contributed by atoms with van der Waals surface area (Å²) in [6.07, 6.45) is 1.85. The maximum Gasteiger partial charge on any atom is 0.353 e. The monoisotopic (exact) mass is 214 g/mol. The van der Waals surface area contributed by atoms with E-state index in [9.17, 15) is 4.89 Å². The summed E-state index contributed by atoms with van der Waals surface area (Å²) in [6, 6.07) is 0. The number of hydrogen-bond donors (Lipinski definition) is 1. The highest BCUT2D eigenvalue weighted by Gasteiger charge is 2.15. The van der Waals surface area contributed by atoms with Crippen LogP contribution in [0.4, 0.5) is 0 Å². The van der Waals surface area contributed by atoms with Crippen LogP contribution in [0.25, 0.3) is 0 Å². The van der Waals surface area contributed by atoms with Crippen LogP contribution in [0, 0.1) is 0 Å². The minimum Gasteiger partial charge on any atom is -0.323 e. The SMILES string of the molecule is CCCCOP(O)(=S)OOCC. The Morgan fingerprint density at radius 1 is 1.42 bits per heavy atom. The van der Waals surface area contributed by atoms with Crippen molar-refractivity contribution < 1.29 is 19.0 Å². The summed E-state index contributed by atoms with van der Waals surface area (Å²) >= 11 is 4.62. The lowest BCUT2D eigenvalue weighted by Gasteiger charge is -2.12. The smallest absolute Gasteiger partial charge is 0.323 e. The predicted octanol–water partition coefficient (Wildman–Crippen LogP) is 1.99. The molecule has 6 heteroatoms. The lowest BCUT2D eigenvalue weighted by molar-refractivity contribution is -0.211. The number of unbranched alkanes of at least 4 members (excludes halogenated alkanes) is 1. The molecule has 0 rings (SSSR count). The zero-order valence-electron chi connectivity index (χ0n) is 7.36. The summed E-state index contributed by atoms with van der Waals surface area (Å²) in [6.45, 7) is 1.39. The molecule has 0 saturated heterocycles. The minimum absolute atomic E-state index is 0.343. The molecule has 1 atom stereocenters. The molecule has 0 aliphatic carbocycles. The van der Waals surface area contributed by atoms with E-state index in [2.05, 4.69) is 21.4 Å². The van der Waals surface area contributed by atoms with Crippen LogP contribution in [-0.4, -0.2) is 18.1 Å². The van der Waals surface area contributed by atoms with Gasteiger partial charge in [-0.2, -0.15) is 0 Å². The van der Waals surface area contributed by atoms with E-state index in [-0.39, 0.29) is 0 Å². The molecule has 74 valence electrons. The van der Waals surface area contributed by atoms with Gasteiger partial charge in [-0.15, -0.1) is 4.67 Å². The van der Waals surface area contributed by atoms with E-state index in [1.165, 1.54) is 0 Å². The Kier molecular flexibility index (Phi) is 7.23. The Hall–Kier alpha value is 0.490. The van der Waals surface area contributed by atoms with Gasteiger partial charge >= 0.3 is 6.72 Å². The molecule has 0 heterocycles. The minimum atomic E-state index is -3.13. The van der Waals surface area contributed by atoms with Gasteiger partial charge in [-0.25, -0.2) is 4.89 Å². The van der Waals surface area contributed by atoms with E-state index in [4.69, 9.17) is 4.52 Å². The van der Waals surface area contributed by atoms with E-state index in [1.54, 1.807) is 6.92 Å². The molecule has 1 N–H and O–H groups in total. The molecule has 12 heavy (non-hydrogen) atoms. The Morgan fingerprint density at radius 3 is 2.58 bits per heavy atom. The Labute approximate surface area is 78.0 Å². The van der Waals surface area contributed by atoms with Crippen LogP contribution in [0.5, 0.6) is 0 Å². The largest absolute Gasteiger partial charge is 0.353 e. The summed E-state index contributed by atoms with van der Waals surface area (Å²) in [4.78, 5) is 13.7. The van der Waals surface area contributed by atoms with E-state index < -0.39 is 6.72 Å². The topological polar surface area (TPSA) is 47.9 Å². The molecular formula is C6H15O4PS. The van der Waals surface area contributed by atoms with Gasteiger partial charge in [0.2, 0.25) is 0 Å². The van der Waals surface area contributed by atoms with Crippen LogP contribution in [0.1, 0.15) is 26.7 Å². The van der Waals surface area contributed by atoms with Crippen LogP contribution >= 0.6 is 6.72 Å².